The van der Waals surface area contributed by atoms with Crippen molar-refractivity contribution in [2.24, 2.45) is 0 Å². The first-order valence-corrected chi connectivity index (χ1v) is 7.50. The molecule has 0 spiro atoms. The van der Waals surface area contributed by atoms with Gasteiger partial charge in [0.1, 0.15) is 5.75 Å². The summed E-state index contributed by atoms with van der Waals surface area (Å²) in [6.45, 7) is 1.63. The molecular formula is C15H10Cl4O2. The second-order valence-corrected chi connectivity index (χ2v) is 5.98. The fourth-order valence-electron chi connectivity index (χ4n) is 1.72. The van der Waals surface area contributed by atoms with Crippen LogP contribution in [0.3, 0.4) is 0 Å². The van der Waals surface area contributed by atoms with Crippen molar-refractivity contribution in [1.82, 2.24) is 0 Å². The summed E-state index contributed by atoms with van der Waals surface area (Å²) >= 11 is 23.6. The minimum absolute atomic E-state index is 0.247. The molecule has 0 saturated carbocycles. The molecule has 0 N–H and O–H groups in total. The predicted molar refractivity (Wildman–Crippen MR) is 87.3 cm³/mol. The first-order chi connectivity index (χ1) is 9.88. The van der Waals surface area contributed by atoms with Crippen molar-refractivity contribution < 1.29 is 9.53 Å². The van der Waals surface area contributed by atoms with Gasteiger partial charge in [-0.2, -0.15) is 0 Å². The van der Waals surface area contributed by atoms with Gasteiger partial charge in [0.2, 0.25) is 5.78 Å². The highest BCUT2D eigenvalue weighted by molar-refractivity contribution is 6.42. The van der Waals surface area contributed by atoms with E-state index in [1.165, 1.54) is 6.07 Å². The predicted octanol–water partition coefficient (Wildman–Crippen LogP) is 5.95. The maximum absolute atomic E-state index is 12.3. The summed E-state index contributed by atoms with van der Waals surface area (Å²) in [6, 6.07) is 9.49. The minimum atomic E-state index is -0.721. The number of ether oxygens (including phenoxy) is 1. The van der Waals surface area contributed by atoms with E-state index >= 15 is 0 Å². The second kappa shape index (κ2) is 6.89. The zero-order valence-electron chi connectivity index (χ0n) is 10.9. The van der Waals surface area contributed by atoms with E-state index in [1.807, 2.05) is 0 Å². The maximum Gasteiger partial charge on any atom is 0.204 e. The Labute approximate surface area is 142 Å². The van der Waals surface area contributed by atoms with Gasteiger partial charge in [0.25, 0.3) is 0 Å². The normalized spacial score (nSPS) is 12.0. The van der Waals surface area contributed by atoms with Crippen LogP contribution in [0, 0.1) is 0 Å². The van der Waals surface area contributed by atoms with Gasteiger partial charge in [0.15, 0.2) is 6.10 Å². The largest absolute Gasteiger partial charge is 0.483 e. The molecule has 0 bridgehead atoms. The number of hydrogen-bond acceptors (Lipinski definition) is 2. The average Bonchev–Trinajstić information content (AvgIpc) is 2.42. The van der Waals surface area contributed by atoms with Gasteiger partial charge in [-0.15, -0.1) is 0 Å². The fraction of sp³-hybridized carbons (Fsp3) is 0.133. The van der Waals surface area contributed by atoms with Crippen LogP contribution in [0.25, 0.3) is 0 Å². The lowest BCUT2D eigenvalue weighted by molar-refractivity contribution is 0.0818. The van der Waals surface area contributed by atoms with Gasteiger partial charge in [0.05, 0.1) is 15.1 Å². The molecule has 0 aliphatic rings. The van der Waals surface area contributed by atoms with Gasteiger partial charge in [-0.25, -0.2) is 0 Å². The Balaban J connectivity index is 2.17. The number of ketones is 1. The molecule has 0 aliphatic carbocycles. The third-order valence-electron chi connectivity index (χ3n) is 2.77. The summed E-state index contributed by atoms with van der Waals surface area (Å²) in [5.74, 6) is 0.207. The Kier molecular flexibility index (Phi) is 5.39. The molecule has 0 heterocycles. The molecule has 110 valence electrons. The van der Waals surface area contributed by atoms with E-state index in [0.29, 0.717) is 26.4 Å². The van der Waals surface area contributed by atoms with Gasteiger partial charge in [-0.3, -0.25) is 4.79 Å². The van der Waals surface area contributed by atoms with Crippen LogP contribution in [0.4, 0.5) is 0 Å². The van der Waals surface area contributed by atoms with Crippen molar-refractivity contribution in [3.05, 3.63) is 62.1 Å². The van der Waals surface area contributed by atoms with Crippen molar-refractivity contribution in [3.8, 4) is 5.75 Å². The molecule has 2 rings (SSSR count). The van der Waals surface area contributed by atoms with Crippen LogP contribution in [-0.2, 0) is 0 Å². The Bertz CT molecular complexity index is 685. The number of benzene rings is 2. The standard InChI is InChI=1S/C15H10Cl4O2/c1-8(21-10-3-5-12(17)14(19)7-10)15(20)11-4-2-9(16)6-13(11)18/h2-8H,1H3. The van der Waals surface area contributed by atoms with Crippen molar-refractivity contribution in [1.29, 1.82) is 0 Å². The zero-order valence-corrected chi connectivity index (χ0v) is 13.9. The molecular weight excluding hydrogens is 354 g/mol. The van der Waals surface area contributed by atoms with Crippen LogP contribution in [0.15, 0.2) is 36.4 Å². The summed E-state index contributed by atoms with van der Waals surface area (Å²) in [7, 11) is 0. The summed E-state index contributed by atoms with van der Waals surface area (Å²) in [6.07, 6.45) is -0.721. The van der Waals surface area contributed by atoms with Gasteiger partial charge in [0, 0.05) is 16.7 Å². The molecule has 0 fully saturated rings. The summed E-state index contributed by atoms with van der Waals surface area (Å²) in [5, 5.41) is 1.54. The monoisotopic (exact) mass is 362 g/mol. The van der Waals surface area contributed by atoms with Crippen LogP contribution in [-0.4, -0.2) is 11.9 Å². The summed E-state index contributed by atoms with van der Waals surface area (Å²) in [4.78, 5) is 12.3. The summed E-state index contributed by atoms with van der Waals surface area (Å²) in [5.41, 5.74) is 0.355. The van der Waals surface area contributed by atoms with Crippen molar-refractivity contribution in [2.45, 2.75) is 13.0 Å². The van der Waals surface area contributed by atoms with E-state index in [4.69, 9.17) is 51.1 Å². The van der Waals surface area contributed by atoms with Crippen LogP contribution < -0.4 is 4.74 Å². The quantitative estimate of drug-likeness (QED) is 0.627. The van der Waals surface area contributed by atoms with Gasteiger partial charge < -0.3 is 4.74 Å². The van der Waals surface area contributed by atoms with E-state index in [-0.39, 0.29) is 10.8 Å². The summed E-state index contributed by atoms with van der Waals surface area (Å²) < 4.78 is 5.57. The molecule has 1 unspecified atom stereocenters. The van der Waals surface area contributed by atoms with Gasteiger partial charge in [-0.05, 0) is 37.3 Å². The molecule has 2 nitrogen and oxygen atoms in total. The smallest absolute Gasteiger partial charge is 0.204 e. The van der Waals surface area contributed by atoms with Crippen molar-refractivity contribution in [2.75, 3.05) is 0 Å². The number of hydrogen-bond donors (Lipinski definition) is 0. The SMILES string of the molecule is CC(Oc1ccc(Cl)c(Cl)c1)C(=O)c1ccc(Cl)cc1Cl. The van der Waals surface area contributed by atoms with Crippen LogP contribution in [0.1, 0.15) is 17.3 Å². The minimum Gasteiger partial charge on any atom is -0.483 e. The van der Waals surface area contributed by atoms with Gasteiger partial charge >= 0.3 is 0 Å². The number of carbonyl (C=O) groups excluding carboxylic acids is 1. The Morgan fingerprint density at radius 1 is 0.952 bits per heavy atom. The number of carbonyl (C=O) groups is 1. The maximum atomic E-state index is 12.3. The third-order valence-corrected chi connectivity index (χ3v) is 4.06. The second-order valence-electron chi connectivity index (χ2n) is 4.32. The highest BCUT2D eigenvalue weighted by Crippen LogP contribution is 2.28. The van der Waals surface area contributed by atoms with Crippen molar-refractivity contribution >= 4 is 52.2 Å². The van der Waals surface area contributed by atoms with E-state index in [2.05, 4.69) is 0 Å². The molecule has 2 aromatic rings. The van der Waals surface area contributed by atoms with E-state index < -0.39 is 6.10 Å². The molecule has 0 aromatic heterocycles. The lowest BCUT2D eigenvalue weighted by Gasteiger charge is -2.15. The Morgan fingerprint density at radius 2 is 1.67 bits per heavy atom. The van der Waals surface area contributed by atoms with E-state index in [9.17, 15) is 4.79 Å². The topological polar surface area (TPSA) is 26.3 Å². The number of rotatable bonds is 4. The Hall–Kier alpha value is -0.930. The lowest BCUT2D eigenvalue weighted by Crippen LogP contribution is -2.24. The average molecular weight is 364 g/mol. The number of halogens is 4. The van der Waals surface area contributed by atoms with E-state index in [0.717, 1.165) is 0 Å². The van der Waals surface area contributed by atoms with Crippen LogP contribution >= 0.6 is 46.4 Å². The van der Waals surface area contributed by atoms with Crippen LogP contribution in [0.5, 0.6) is 5.75 Å². The van der Waals surface area contributed by atoms with Crippen LogP contribution in [0.2, 0.25) is 20.1 Å². The molecule has 1 atom stereocenters. The first-order valence-electron chi connectivity index (χ1n) is 5.99. The third kappa shape index (κ3) is 4.04. The highest BCUT2D eigenvalue weighted by atomic mass is 35.5. The van der Waals surface area contributed by atoms with E-state index in [1.54, 1.807) is 37.3 Å². The Morgan fingerprint density at radius 3 is 2.29 bits per heavy atom. The lowest BCUT2D eigenvalue weighted by atomic mass is 10.1. The molecule has 21 heavy (non-hydrogen) atoms. The van der Waals surface area contributed by atoms with Crippen molar-refractivity contribution in [3.63, 3.8) is 0 Å². The molecule has 0 radical (unpaired) electrons. The molecule has 0 amide bonds. The molecule has 0 saturated heterocycles. The molecule has 2 aromatic carbocycles. The van der Waals surface area contributed by atoms with Gasteiger partial charge in [-0.1, -0.05) is 46.4 Å². The first kappa shape index (κ1) is 16.4. The highest BCUT2D eigenvalue weighted by Gasteiger charge is 2.20. The molecule has 6 heteroatoms. The number of Topliss-reactive ketones (excluding diaryl/α,β-unsaturated/α-hetero) is 1. The zero-order chi connectivity index (χ0) is 15.6. The molecule has 0 aliphatic heterocycles. The fourth-order valence-corrected chi connectivity index (χ4v) is 2.51.